The van der Waals surface area contributed by atoms with Gasteiger partial charge in [0.05, 0.1) is 12.7 Å². The highest BCUT2D eigenvalue weighted by Gasteiger charge is 2.12. The van der Waals surface area contributed by atoms with Gasteiger partial charge in [-0.3, -0.25) is 4.79 Å². The van der Waals surface area contributed by atoms with Crippen LogP contribution in [0.1, 0.15) is 20.3 Å². The molecular weight excluding hydrogens is 226 g/mol. The van der Waals surface area contributed by atoms with Crippen molar-refractivity contribution in [3.05, 3.63) is 11.1 Å². The topological polar surface area (TPSA) is 95.9 Å². The molecule has 1 amide bonds. The van der Waals surface area contributed by atoms with Crippen LogP contribution in [0.3, 0.4) is 0 Å². The van der Waals surface area contributed by atoms with E-state index < -0.39 is 18.0 Å². The molecule has 0 aromatic heterocycles. The second kappa shape index (κ2) is 7.81. The third kappa shape index (κ3) is 6.03. The third-order valence-electron chi connectivity index (χ3n) is 2.35. The monoisotopic (exact) mass is 245 g/mol. The maximum absolute atomic E-state index is 11.5. The molecule has 0 spiro atoms. The number of rotatable bonds is 7. The predicted molar refractivity (Wildman–Crippen MR) is 61.5 cm³/mol. The molecule has 17 heavy (non-hydrogen) atoms. The van der Waals surface area contributed by atoms with Gasteiger partial charge >= 0.3 is 5.97 Å². The molecule has 0 aromatic rings. The summed E-state index contributed by atoms with van der Waals surface area (Å²) in [6, 6.07) is 0. The van der Waals surface area contributed by atoms with Crippen molar-refractivity contribution >= 4 is 11.9 Å². The fraction of sp³-hybridized carbons (Fsp3) is 0.636. The zero-order valence-electron chi connectivity index (χ0n) is 10.3. The Morgan fingerprint density at radius 3 is 2.35 bits per heavy atom. The van der Waals surface area contributed by atoms with E-state index in [1.165, 1.54) is 21.0 Å². The van der Waals surface area contributed by atoms with Gasteiger partial charge in [0.1, 0.15) is 0 Å². The molecule has 0 aliphatic heterocycles. The number of methoxy groups -OCH3 is 1. The minimum Gasteiger partial charge on any atom is -0.478 e. The number of aliphatic carboxylic acids is 1. The molecule has 0 saturated heterocycles. The molecule has 0 bridgehead atoms. The van der Waals surface area contributed by atoms with E-state index in [-0.39, 0.29) is 24.3 Å². The van der Waals surface area contributed by atoms with Crippen molar-refractivity contribution in [2.24, 2.45) is 0 Å². The molecule has 0 rings (SSSR count). The van der Waals surface area contributed by atoms with E-state index in [1.807, 2.05) is 0 Å². The van der Waals surface area contributed by atoms with Gasteiger partial charge in [0, 0.05) is 24.8 Å². The first-order valence-electron chi connectivity index (χ1n) is 5.26. The number of nitrogens with one attached hydrogen (secondary N) is 1. The largest absolute Gasteiger partial charge is 0.478 e. The zero-order valence-corrected chi connectivity index (χ0v) is 10.3. The van der Waals surface area contributed by atoms with Gasteiger partial charge in [-0.05, 0) is 20.3 Å². The van der Waals surface area contributed by atoms with Gasteiger partial charge in [-0.25, -0.2) is 4.79 Å². The first kappa shape index (κ1) is 15.6. The molecule has 0 saturated carbocycles. The second-order valence-electron chi connectivity index (χ2n) is 3.71. The van der Waals surface area contributed by atoms with Gasteiger partial charge in [-0.2, -0.15) is 0 Å². The summed E-state index contributed by atoms with van der Waals surface area (Å²) in [6.07, 6.45) is -0.274. The van der Waals surface area contributed by atoms with Crippen molar-refractivity contribution < 1.29 is 24.5 Å². The average molecular weight is 245 g/mol. The summed E-state index contributed by atoms with van der Waals surface area (Å²) in [4.78, 5) is 22.1. The molecule has 0 aliphatic rings. The van der Waals surface area contributed by atoms with Gasteiger partial charge in [-0.15, -0.1) is 0 Å². The third-order valence-corrected chi connectivity index (χ3v) is 2.35. The minimum absolute atomic E-state index is 0.0138. The number of carboxylic acids is 1. The molecule has 3 N–H and O–H groups in total. The van der Waals surface area contributed by atoms with Crippen LogP contribution in [0.25, 0.3) is 0 Å². The van der Waals surface area contributed by atoms with Crippen LogP contribution in [0.4, 0.5) is 0 Å². The van der Waals surface area contributed by atoms with Crippen molar-refractivity contribution in [2.75, 3.05) is 20.3 Å². The molecule has 0 aromatic carbocycles. The Morgan fingerprint density at radius 1 is 1.29 bits per heavy atom. The Labute approximate surface area is 100 Å². The molecule has 98 valence electrons. The number of hydrogen-bond acceptors (Lipinski definition) is 4. The van der Waals surface area contributed by atoms with Gasteiger partial charge in [0.15, 0.2) is 0 Å². The summed E-state index contributed by atoms with van der Waals surface area (Å²) < 4.78 is 4.73. The van der Waals surface area contributed by atoms with Gasteiger partial charge in [-0.1, -0.05) is 0 Å². The van der Waals surface area contributed by atoms with E-state index in [0.717, 1.165) is 0 Å². The molecule has 1 unspecified atom stereocenters. The number of amides is 1. The number of carboxylic acid groups (broad SMARTS) is 1. The normalized spacial score (nSPS) is 13.9. The van der Waals surface area contributed by atoms with Crippen molar-refractivity contribution in [2.45, 2.75) is 26.4 Å². The summed E-state index contributed by atoms with van der Waals surface area (Å²) in [5, 5.41) is 20.5. The molecule has 1 atom stereocenters. The first-order valence-corrected chi connectivity index (χ1v) is 5.26. The number of aliphatic hydroxyl groups is 1. The number of carbonyl (C=O) groups is 2. The van der Waals surface area contributed by atoms with E-state index in [4.69, 9.17) is 9.84 Å². The SMILES string of the molecule is COCC(O)CCNC(=O)C(C)=C(C)C(=O)O. The Balaban J connectivity index is 4.11. The quantitative estimate of drug-likeness (QED) is 0.545. The van der Waals surface area contributed by atoms with Crippen LogP contribution in [0.15, 0.2) is 11.1 Å². The standard InChI is InChI=1S/C11H19NO5/c1-7(8(2)11(15)16)10(14)12-5-4-9(13)6-17-3/h9,13H,4-6H2,1-3H3,(H,12,14)(H,15,16). The van der Waals surface area contributed by atoms with Crippen LogP contribution in [0.2, 0.25) is 0 Å². The molecule has 0 fully saturated rings. The van der Waals surface area contributed by atoms with Crippen LogP contribution >= 0.6 is 0 Å². The van der Waals surface area contributed by atoms with Crippen LogP contribution in [-0.2, 0) is 14.3 Å². The Morgan fingerprint density at radius 2 is 1.88 bits per heavy atom. The van der Waals surface area contributed by atoms with Crippen molar-refractivity contribution in [3.63, 3.8) is 0 Å². The van der Waals surface area contributed by atoms with Gasteiger partial charge in [0.2, 0.25) is 5.91 Å². The predicted octanol–water partition coefficient (Wildman–Crippen LogP) is -0.0790. The van der Waals surface area contributed by atoms with Crippen LogP contribution in [0, 0.1) is 0 Å². The molecular formula is C11H19NO5. The van der Waals surface area contributed by atoms with E-state index in [2.05, 4.69) is 5.32 Å². The van der Waals surface area contributed by atoms with Crippen molar-refractivity contribution in [3.8, 4) is 0 Å². The number of carbonyl (C=O) groups excluding carboxylic acids is 1. The lowest BCUT2D eigenvalue weighted by atomic mass is 10.1. The first-order chi connectivity index (χ1) is 7.90. The molecule has 6 nitrogen and oxygen atoms in total. The van der Waals surface area contributed by atoms with E-state index >= 15 is 0 Å². The van der Waals surface area contributed by atoms with Crippen LogP contribution in [-0.4, -0.2) is 48.5 Å². The summed E-state index contributed by atoms with van der Waals surface area (Å²) in [5.74, 6) is -1.55. The van der Waals surface area contributed by atoms with Crippen LogP contribution < -0.4 is 5.32 Å². The van der Waals surface area contributed by atoms with Crippen LogP contribution in [0.5, 0.6) is 0 Å². The molecule has 6 heteroatoms. The molecule has 0 heterocycles. The minimum atomic E-state index is -1.11. The fourth-order valence-electron chi connectivity index (χ4n) is 1.09. The van der Waals surface area contributed by atoms with E-state index in [0.29, 0.717) is 6.42 Å². The second-order valence-corrected chi connectivity index (χ2v) is 3.71. The Hall–Kier alpha value is -1.40. The van der Waals surface area contributed by atoms with E-state index in [1.54, 1.807) is 0 Å². The Kier molecular flexibility index (Phi) is 7.16. The maximum atomic E-state index is 11.5. The summed E-state index contributed by atoms with van der Waals surface area (Å²) >= 11 is 0. The summed E-state index contributed by atoms with van der Waals surface area (Å²) in [7, 11) is 1.48. The van der Waals surface area contributed by atoms with Crippen molar-refractivity contribution in [1.82, 2.24) is 5.32 Å². The fourth-order valence-corrected chi connectivity index (χ4v) is 1.09. The van der Waals surface area contributed by atoms with Gasteiger partial charge < -0.3 is 20.3 Å². The highest BCUT2D eigenvalue weighted by Crippen LogP contribution is 2.03. The maximum Gasteiger partial charge on any atom is 0.331 e. The lowest BCUT2D eigenvalue weighted by Crippen LogP contribution is -2.29. The lowest BCUT2D eigenvalue weighted by molar-refractivity contribution is -0.133. The zero-order chi connectivity index (χ0) is 13.4. The smallest absolute Gasteiger partial charge is 0.331 e. The molecule has 0 aliphatic carbocycles. The van der Waals surface area contributed by atoms with Gasteiger partial charge in [0.25, 0.3) is 0 Å². The number of ether oxygens (including phenoxy) is 1. The summed E-state index contributed by atoms with van der Waals surface area (Å²) in [5.41, 5.74) is 0.179. The van der Waals surface area contributed by atoms with Crippen molar-refractivity contribution in [1.29, 1.82) is 0 Å². The Bertz CT molecular complexity index is 311. The summed E-state index contributed by atoms with van der Waals surface area (Å²) in [6.45, 7) is 3.30. The van der Waals surface area contributed by atoms with E-state index in [9.17, 15) is 14.7 Å². The number of hydrogen-bond donors (Lipinski definition) is 3. The highest BCUT2D eigenvalue weighted by atomic mass is 16.5. The lowest BCUT2D eigenvalue weighted by Gasteiger charge is -2.10. The molecule has 0 radical (unpaired) electrons. The highest BCUT2D eigenvalue weighted by molar-refractivity contribution is 6.01. The average Bonchev–Trinajstić information content (AvgIpc) is 2.27. The number of aliphatic hydroxyl groups excluding tert-OH is 1.